The molecule has 0 bridgehead atoms. The van der Waals surface area contributed by atoms with E-state index in [-0.39, 0.29) is 18.1 Å². The van der Waals surface area contributed by atoms with Crippen LogP contribution in [0.5, 0.6) is 0 Å². The molecule has 2 atom stereocenters. The van der Waals surface area contributed by atoms with E-state index >= 15 is 0 Å². The summed E-state index contributed by atoms with van der Waals surface area (Å²) in [7, 11) is 1.91. The van der Waals surface area contributed by atoms with Crippen molar-refractivity contribution in [3.05, 3.63) is 71.9 Å². The number of aromatic nitrogens is 1. The van der Waals surface area contributed by atoms with Gasteiger partial charge in [0.2, 0.25) is 0 Å². The van der Waals surface area contributed by atoms with Gasteiger partial charge in [-0.15, -0.1) is 0 Å². The number of rotatable bonds is 5. The second kappa shape index (κ2) is 7.94. The number of carbonyl (C=O) groups excluding carboxylic acids is 1. The quantitative estimate of drug-likeness (QED) is 0.756. The Kier molecular flexibility index (Phi) is 5.23. The zero-order valence-electron chi connectivity index (χ0n) is 15.4. The summed E-state index contributed by atoms with van der Waals surface area (Å²) in [4.78, 5) is 12.9. The first-order valence-electron chi connectivity index (χ1n) is 9.31. The van der Waals surface area contributed by atoms with Gasteiger partial charge in [0.05, 0.1) is 25.4 Å². The van der Waals surface area contributed by atoms with E-state index in [0.717, 1.165) is 22.9 Å². The monoisotopic (exact) mass is 364 g/mol. The molecule has 0 saturated carbocycles. The Balaban J connectivity index is 1.45. The summed E-state index contributed by atoms with van der Waals surface area (Å²) in [6.07, 6.45) is 0.713. The van der Waals surface area contributed by atoms with E-state index < -0.39 is 0 Å². The van der Waals surface area contributed by atoms with Crippen molar-refractivity contribution in [3.8, 4) is 0 Å². The van der Waals surface area contributed by atoms with Crippen LogP contribution < -0.4 is 5.32 Å². The van der Waals surface area contributed by atoms with Gasteiger partial charge in [-0.2, -0.15) is 0 Å². The minimum Gasteiger partial charge on any atom is -0.379 e. The molecule has 2 aromatic carbocycles. The number of benzene rings is 2. The molecule has 0 radical (unpaired) electrons. The molecule has 0 spiro atoms. The Morgan fingerprint density at radius 2 is 1.96 bits per heavy atom. The molecule has 3 aromatic rings. The third kappa shape index (κ3) is 3.89. The molecule has 5 heteroatoms. The van der Waals surface area contributed by atoms with Gasteiger partial charge >= 0.3 is 0 Å². The first-order chi connectivity index (χ1) is 13.2. The summed E-state index contributed by atoms with van der Waals surface area (Å²) in [6, 6.07) is 19.8. The molecule has 5 nitrogen and oxygen atoms in total. The molecule has 1 aliphatic rings. The largest absolute Gasteiger partial charge is 0.379 e. The third-order valence-corrected chi connectivity index (χ3v) is 5.10. The molecule has 1 N–H and O–H groups in total. The van der Waals surface area contributed by atoms with Crippen molar-refractivity contribution in [2.24, 2.45) is 7.05 Å². The molecule has 0 unspecified atom stereocenters. The molecule has 140 valence electrons. The topological polar surface area (TPSA) is 52.5 Å². The normalized spacial score (nSPS) is 19.9. The summed E-state index contributed by atoms with van der Waals surface area (Å²) >= 11 is 0. The Bertz CT molecular complexity index is 920. The number of nitrogens with zero attached hydrogens (tertiary/aromatic N) is 1. The molecule has 1 aliphatic heterocycles. The maximum Gasteiger partial charge on any atom is 0.268 e. The molecule has 1 saturated heterocycles. The maximum atomic E-state index is 12.9. The number of para-hydroxylation sites is 1. The van der Waals surface area contributed by atoms with Crippen molar-refractivity contribution in [1.29, 1.82) is 0 Å². The molecule has 2 heterocycles. The Hall–Kier alpha value is -2.63. The lowest BCUT2D eigenvalue weighted by atomic mass is 10.1. The second-order valence-electron chi connectivity index (χ2n) is 6.93. The highest BCUT2D eigenvalue weighted by Gasteiger charge is 2.29. The van der Waals surface area contributed by atoms with Gasteiger partial charge in [-0.3, -0.25) is 4.79 Å². The highest BCUT2D eigenvalue weighted by Crippen LogP contribution is 2.20. The average molecular weight is 364 g/mol. The number of aryl methyl sites for hydroxylation is 1. The lowest BCUT2D eigenvalue weighted by molar-refractivity contribution is -0.0605. The summed E-state index contributed by atoms with van der Waals surface area (Å²) < 4.78 is 13.6. The van der Waals surface area contributed by atoms with E-state index in [2.05, 4.69) is 5.32 Å². The van der Waals surface area contributed by atoms with Crippen molar-refractivity contribution >= 4 is 16.8 Å². The van der Waals surface area contributed by atoms with Crippen LogP contribution in [0.4, 0.5) is 0 Å². The van der Waals surface area contributed by atoms with Crippen LogP contribution in [0.1, 0.15) is 22.5 Å². The molecule has 0 aliphatic carbocycles. The second-order valence-corrected chi connectivity index (χ2v) is 6.93. The van der Waals surface area contributed by atoms with Crippen molar-refractivity contribution < 1.29 is 14.3 Å². The van der Waals surface area contributed by atoms with Crippen molar-refractivity contribution in [1.82, 2.24) is 9.88 Å². The van der Waals surface area contributed by atoms with E-state index in [4.69, 9.17) is 9.47 Å². The number of fused-ring (bicyclic) bond motifs is 1. The van der Waals surface area contributed by atoms with Crippen LogP contribution in [-0.2, 0) is 23.1 Å². The van der Waals surface area contributed by atoms with Crippen LogP contribution in [0.15, 0.2) is 60.7 Å². The van der Waals surface area contributed by atoms with Crippen LogP contribution >= 0.6 is 0 Å². The average Bonchev–Trinajstić information content (AvgIpc) is 3.05. The van der Waals surface area contributed by atoms with Gasteiger partial charge in [0.1, 0.15) is 5.69 Å². The fourth-order valence-electron chi connectivity index (χ4n) is 3.58. The summed E-state index contributed by atoms with van der Waals surface area (Å²) in [5.41, 5.74) is 2.81. The number of ether oxygens (including phenoxy) is 2. The van der Waals surface area contributed by atoms with Crippen LogP contribution in [0.25, 0.3) is 10.9 Å². The smallest absolute Gasteiger partial charge is 0.268 e. The van der Waals surface area contributed by atoms with Crippen molar-refractivity contribution in [2.45, 2.75) is 25.2 Å². The van der Waals surface area contributed by atoms with Crippen LogP contribution in [0, 0.1) is 0 Å². The standard InChI is InChI=1S/C22H24N2O3/c1-24-19-10-6-5-9-17(19)13-20(24)22(25)23-18-15-26-12-11-21(18)27-14-16-7-3-2-4-8-16/h2-10,13,18,21H,11-12,14-15H2,1H3,(H,23,25)/t18-,21+/m1/s1. The van der Waals surface area contributed by atoms with Crippen molar-refractivity contribution in [2.75, 3.05) is 13.2 Å². The van der Waals surface area contributed by atoms with Gasteiger partial charge in [-0.25, -0.2) is 0 Å². The molecule has 1 fully saturated rings. The lowest BCUT2D eigenvalue weighted by Gasteiger charge is -2.32. The molecular formula is C22H24N2O3. The van der Waals surface area contributed by atoms with Gasteiger partial charge < -0.3 is 19.4 Å². The van der Waals surface area contributed by atoms with Gasteiger partial charge in [0.15, 0.2) is 0 Å². The molecular weight excluding hydrogens is 340 g/mol. The summed E-state index contributed by atoms with van der Waals surface area (Å²) in [6.45, 7) is 1.65. The van der Waals surface area contributed by atoms with E-state index in [9.17, 15) is 4.79 Å². The molecule has 1 aromatic heterocycles. The van der Waals surface area contributed by atoms with Crippen LogP contribution in [0.2, 0.25) is 0 Å². The molecule has 4 rings (SSSR count). The van der Waals surface area contributed by atoms with E-state index in [1.165, 1.54) is 0 Å². The van der Waals surface area contributed by atoms with Gasteiger partial charge in [0.25, 0.3) is 5.91 Å². The maximum absolute atomic E-state index is 12.9. The first kappa shape index (κ1) is 17.8. The van der Waals surface area contributed by atoms with Gasteiger partial charge in [-0.05, 0) is 24.1 Å². The predicted molar refractivity (Wildman–Crippen MR) is 105 cm³/mol. The predicted octanol–water partition coefficient (Wildman–Crippen LogP) is 3.28. The SMILES string of the molecule is Cn1c(C(=O)N[C@@H]2COCC[C@@H]2OCc2ccccc2)cc2ccccc21. The Morgan fingerprint density at radius 1 is 1.19 bits per heavy atom. The highest BCUT2D eigenvalue weighted by molar-refractivity contribution is 5.98. The third-order valence-electron chi connectivity index (χ3n) is 5.10. The minimum absolute atomic E-state index is 0.0578. The molecule has 1 amide bonds. The number of hydrogen-bond donors (Lipinski definition) is 1. The minimum atomic E-state index is -0.159. The van der Waals surface area contributed by atoms with E-state index in [0.29, 0.717) is 25.5 Å². The number of nitrogens with one attached hydrogen (secondary N) is 1. The molecule has 27 heavy (non-hydrogen) atoms. The van der Waals surface area contributed by atoms with Gasteiger partial charge in [0, 0.05) is 24.6 Å². The number of hydrogen-bond acceptors (Lipinski definition) is 3. The summed E-state index contributed by atoms with van der Waals surface area (Å²) in [5.74, 6) is -0.0995. The number of carbonyl (C=O) groups is 1. The van der Waals surface area contributed by atoms with Gasteiger partial charge in [-0.1, -0.05) is 48.5 Å². The van der Waals surface area contributed by atoms with Crippen LogP contribution in [-0.4, -0.2) is 35.8 Å². The zero-order valence-corrected chi connectivity index (χ0v) is 15.4. The van der Waals surface area contributed by atoms with Crippen LogP contribution in [0.3, 0.4) is 0 Å². The lowest BCUT2D eigenvalue weighted by Crippen LogP contribution is -2.50. The zero-order chi connectivity index (χ0) is 18.6. The van der Waals surface area contributed by atoms with E-state index in [1.54, 1.807) is 0 Å². The Morgan fingerprint density at radius 3 is 2.78 bits per heavy atom. The highest BCUT2D eigenvalue weighted by atomic mass is 16.5. The first-order valence-corrected chi connectivity index (χ1v) is 9.31. The Labute approximate surface area is 158 Å². The summed E-state index contributed by atoms with van der Waals surface area (Å²) in [5, 5.41) is 4.17. The fraction of sp³-hybridized carbons (Fsp3) is 0.318. The van der Waals surface area contributed by atoms with E-state index in [1.807, 2.05) is 72.3 Å². The fourth-order valence-corrected chi connectivity index (χ4v) is 3.58. The van der Waals surface area contributed by atoms with Crippen molar-refractivity contribution in [3.63, 3.8) is 0 Å². The number of amides is 1.